The van der Waals surface area contributed by atoms with Crippen LogP contribution in [0, 0.1) is 0 Å². The van der Waals surface area contributed by atoms with E-state index in [0.29, 0.717) is 12.1 Å². The van der Waals surface area contributed by atoms with Gasteiger partial charge in [0.1, 0.15) is 5.15 Å². The minimum Gasteiger partial charge on any atom is -0.308 e. The zero-order chi connectivity index (χ0) is 15.0. The maximum Gasteiger partial charge on any atom is 0.261 e. The van der Waals surface area contributed by atoms with E-state index < -0.39 is 0 Å². The number of carbonyl (C=O) groups is 1. The Labute approximate surface area is 144 Å². The molecule has 108 valence electrons. The van der Waals surface area contributed by atoms with Crippen molar-refractivity contribution in [2.24, 2.45) is 0 Å². The second-order valence-corrected chi connectivity index (χ2v) is 7.01. The molecule has 0 fully saturated rings. The summed E-state index contributed by atoms with van der Waals surface area (Å²) in [5.74, 6) is -0.114. The molecule has 1 amide bonds. The molecule has 1 aromatic carbocycles. The van der Waals surface area contributed by atoms with Crippen LogP contribution < -0.4 is 4.90 Å². The van der Waals surface area contributed by atoms with Crippen molar-refractivity contribution in [1.82, 2.24) is 4.98 Å². The van der Waals surface area contributed by atoms with Gasteiger partial charge in [-0.3, -0.25) is 4.79 Å². The van der Waals surface area contributed by atoms with E-state index >= 15 is 0 Å². The van der Waals surface area contributed by atoms with Crippen molar-refractivity contribution in [2.75, 3.05) is 11.4 Å². The molecule has 1 aliphatic heterocycles. The number of benzene rings is 1. The first-order valence-electron chi connectivity index (χ1n) is 6.47. The number of amides is 1. The fraction of sp³-hybridized carbons (Fsp3) is 0.200. The number of hydrogen-bond acceptors (Lipinski definition) is 2. The normalized spacial score (nSPS) is 14.0. The van der Waals surface area contributed by atoms with Crippen molar-refractivity contribution in [3.8, 4) is 0 Å². The number of carbonyl (C=O) groups excluding carboxylic acids is 1. The third kappa shape index (κ3) is 3.00. The van der Waals surface area contributed by atoms with Crippen molar-refractivity contribution in [1.29, 1.82) is 0 Å². The quantitative estimate of drug-likeness (QED) is 0.606. The molecule has 0 radical (unpaired) electrons. The van der Waals surface area contributed by atoms with Crippen LogP contribution >= 0.6 is 43.5 Å². The van der Waals surface area contributed by atoms with Crippen molar-refractivity contribution < 1.29 is 4.79 Å². The van der Waals surface area contributed by atoms with Gasteiger partial charge in [0.2, 0.25) is 0 Å². The summed E-state index contributed by atoms with van der Waals surface area (Å²) >= 11 is 12.9. The molecule has 1 aromatic heterocycles. The Morgan fingerprint density at radius 1 is 1.24 bits per heavy atom. The molecule has 0 aliphatic carbocycles. The van der Waals surface area contributed by atoms with Gasteiger partial charge in [-0.25, -0.2) is 4.98 Å². The third-order valence-electron chi connectivity index (χ3n) is 3.44. The molecule has 0 N–H and O–H groups in total. The zero-order valence-electron chi connectivity index (χ0n) is 10.9. The minimum atomic E-state index is -0.114. The SMILES string of the molecule is O=C(c1cc(Br)cnc1Cl)N1CCCc2cc(Br)ccc21. The van der Waals surface area contributed by atoms with E-state index in [9.17, 15) is 4.79 Å². The van der Waals surface area contributed by atoms with Crippen LogP contribution in [0.25, 0.3) is 0 Å². The highest BCUT2D eigenvalue weighted by atomic mass is 79.9. The van der Waals surface area contributed by atoms with Crippen molar-refractivity contribution >= 4 is 55.1 Å². The van der Waals surface area contributed by atoms with Gasteiger partial charge in [0.05, 0.1) is 5.56 Å². The molecule has 3 rings (SSSR count). The smallest absolute Gasteiger partial charge is 0.261 e. The lowest BCUT2D eigenvalue weighted by Crippen LogP contribution is -2.35. The first-order chi connectivity index (χ1) is 10.1. The third-order valence-corrected chi connectivity index (χ3v) is 4.67. The Bertz CT molecular complexity index is 721. The average Bonchev–Trinajstić information content (AvgIpc) is 2.48. The fourth-order valence-electron chi connectivity index (χ4n) is 2.49. The first kappa shape index (κ1) is 15.0. The number of nitrogens with zero attached hydrogens (tertiary/aromatic N) is 2. The summed E-state index contributed by atoms with van der Waals surface area (Å²) in [6.45, 7) is 0.691. The van der Waals surface area contributed by atoms with Crippen molar-refractivity contribution in [3.63, 3.8) is 0 Å². The maximum absolute atomic E-state index is 12.8. The van der Waals surface area contributed by atoms with Gasteiger partial charge in [-0.05, 0) is 58.6 Å². The van der Waals surface area contributed by atoms with Gasteiger partial charge in [-0.2, -0.15) is 0 Å². The van der Waals surface area contributed by atoms with Crippen LogP contribution in [0.4, 0.5) is 5.69 Å². The van der Waals surface area contributed by atoms with E-state index in [2.05, 4.69) is 42.9 Å². The second kappa shape index (κ2) is 6.07. The predicted molar refractivity (Wildman–Crippen MR) is 91.1 cm³/mol. The lowest BCUT2D eigenvalue weighted by Gasteiger charge is -2.30. The summed E-state index contributed by atoms with van der Waals surface area (Å²) in [7, 11) is 0. The first-order valence-corrected chi connectivity index (χ1v) is 8.44. The molecule has 0 atom stereocenters. The van der Waals surface area contributed by atoms with Gasteiger partial charge in [-0.15, -0.1) is 0 Å². The Morgan fingerprint density at radius 2 is 2.05 bits per heavy atom. The van der Waals surface area contributed by atoms with E-state index in [1.807, 2.05) is 12.1 Å². The molecule has 3 nitrogen and oxygen atoms in total. The molecule has 2 heterocycles. The summed E-state index contributed by atoms with van der Waals surface area (Å²) in [5.41, 5.74) is 2.54. The summed E-state index contributed by atoms with van der Waals surface area (Å²) < 4.78 is 1.76. The van der Waals surface area contributed by atoms with Crippen LogP contribution in [0.5, 0.6) is 0 Å². The van der Waals surface area contributed by atoms with E-state index in [1.54, 1.807) is 17.2 Å². The van der Waals surface area contributed by atoms with Crippen LogP contribution in [0.2, 0.25) is 5.15 Å². The number of hydrogen-bond donors (Lipinski definition) is 0. The highest BCUT2D eigenvalue weighted by molar-refractivity contribution is 9.10. The van der Waals surface area contributed by atoms with Crippen molar-refractivity contribution in [3.05, 3.63) is 55.7 Å². The molecule has 6 heteroatoms. The lowest BCUT2D eigenvalue weighted by atomic mass is 10.0. The Balaban J connectivity index is 2.02. The Kier molecular flexibility index (Phi) is 4.33. The van der Waals surface area contributed by atoms with Crippen LogP contribution in [-0.2, 0) is 6.42 Å². The van der Waals surface area contributed by atoms with Crippen LogP contribution in [0.1, 0.15) is 22.3 Å². The van der Waals surface area contributed by atoms with E-state index in [0.717, 1.165) is 27.5 Å². The molecule has 0 saturated carbocycles. The predicted octanol–water partition coefficient (Wildman–Crippen LogP) is 4.85. The highest BCUT2D eigenvalue weighted by Crippen LogP contribution is 2.32. The molecule has 0 bridgehead atoms. The number of aromatic nitrogens is 1. The molecule has 0 spiro atoms. The molecule has 2 aromatic rings. The number of pyridine rings is 1. The minimum absolute atomic E-state index is 0.114. The van der Waals surface area contributed by atoms with Crippen LogP contribution in [-0.4, -0.2) is 17.4 Å². The molecule has 0 unspecified atom stereocenters. The maximum atomic E-state index is 12.8. The van der Waals surface area contributed by atoms with E-state index in [1.165, 1.54) is 5.56 Å². The Morgan fingerprint density at radius 3 is 2.86 bits per heavy atom. The zero-order valence-corrected chi connectivity index (χ0v) is 14.9. The number of anilines is 1. The van der Waals surface area contributed by atoms with E-state index in [4.69, 9.17) is 11.6 Å². The summed E-state index contributed by atoms with van der Waals surface area (Å²) in [6.07, 6.45) is 3.50. The van der Waals surface area contributed by atoms with Gasteiger partial charge < -0.3 is 4.90 Å². The molecule has 1 aliphatic rings. The number of rotatable bonds is 1. The average molecular weight is 431 g/mol. The summed E-state index contributed by atoms with van der Waals surface area (Å²) in [6, 6.07) is 7.70. The number of fused-ring (bicyclic) bond motifs is 1. The number of aryl methyl sites for hydroxylation is 1. The molecule has 21 heavy (non-hydrogen) atoms. The standard InChI is InChI=1S/C15H11Br2ClN2O/c16-10-3-4-13-9(6-10)2-1-5-20(13)15(21)12-7-11(17)8-19-14(12)18/h3-4,6-8H,1-2,5H2. The summed E-state index contributed by atoms with van der Waals surface area (Å²) in [4.78, 5) is 18.6. The molecule has 0 saturated heterocycles. The van der Waals surface area contributed by atoms with Gasteiger partial charge in [-0.1, -0.05) is 27.5 Å². The second-order valence-electron chi connectivity index (χ2n) is 4.83. The largest absolute Gasteiger partial charge is 0.308 e. The van der Waals surface area contributed by atoms with E-state index in [-0.39, 0.29) is 11.1 Å². The van der Waals surface area contributed by atoms with Gasteiger partial charge in [0, 0.05) is 27.4 Å². The lowest BCUT2D eigenvalue weighted by molar-refractivity contribution is 0.0985. The topological polar surface area (TPSA) is 33.2 Å². The summed E-state index contributed by atoms with van der Waals surface area (Å²) in [5, 5.41) is 0.229. The highest BCUT2D eigenvalue weighted by Gasteiger charge is 2.25. The van der Waals surface area contributed by atoms with Gasteiger partial charge >= 0.3 is 0 Å². The monoisotopic (exact) mass is 428 g/mol. The fourth-order valence-corrected chi connectivity index (χ4v) is 3.42. The van der Waals surface area contributed by atoms with Crippen LogP contribution in [0.15, 0.2) is 39.4 Å². The van der Waals surface area contributed by atoms with Gasteiger partial charge in [0.15, 0.2) is 0 Å². The van der Waals surface area contributed by atoms with Crippen LogP contribution in [0.3, 0.4) is 0 Å². The number of halogens is 3. The Hall–Kier alpha value is -0.910. The molecular formula is C15H11Br2ClN2O. The molecular weight excluding hydrogens is 419 g/mol. The van der Waals surface area contributed by atoms with Gasteiger partial charge in [0.25, 0.3) is 5.91 Å². The van der Waals surface area contributed by atoms with Crippen molar-refractivity contribution in [2.45, 2.75) is 12.8 Å².